The third-order valence-electron chi connectivity index (χ3n) is 5.12. The number of thioether (sulfide) groups is 1. The number of nitrogens with one attached hydrogen (secondary N) is 1. The first-order chi connectivity index (χ1) is 15.6. The first-order valence-corrected chi connectivity index (χ1v) is 12.8. The van der Waals surface area contributed by atoms with Gasteiger partial charge in [-0.1, -0.05) is 24.3 Å². The maximum Gasteiger partial charge on any atom is 0.417 e. The quantitative estimate of drug-likeness (QED) is 0.284. The largest absolute Gasteiger partial charge is 0.417 e. The Balaban J connectivity index is 1.77. The molecular weight excluding hydrogens is 470 g/mol. The molecule has 5 nitrogen and oxygen atoms in total. The maximum atomic E-state index is 14.4. The number of carbonyl (C=O) groups is 1. The Morgan fingerprint density at radius 1 is 0.939 bits per heavy atom. The Morgan fingerprint density at radius 2 is 1.48 bits per heavy atom. The second-order valence-corrected chi connectivity index (χ2v) is 12.0. The molecule has 10 heteroatoms. The van der Waals surface area contributed by atoms with Crippen LogP contribution in [0.1, 0.15) is 19.4 Å². The van der Waals surface area contributed by atoms with E-state index < -0.39 is 29.9 Å². The molecule has 0 bridgehead atoms. The number of alkyl halides is 3. The lowest BCUT2D eigenvalue weighted by Gasteiger charge is -2.32. The molecule has 0 radical (unpaired) electrons. The molecule has 0 aliphatic rings. The van der Waals surface area contributed by atoms with E-state index in [1.165, 1.54) is 30.6 Å². The van der Waals surface area contributed by atoms with Crippen LogP contribution in [0.4, 0.5) is 13.2 Å². The molecule has 1 amide bonds. The van der Waals surface area contributed by atoms with Crippen molar-refractivity contribution in [1.82, 2.24) is 15.3 Å². The molecule has 0 fully saturated rings. The third-order valence-corrected chi connectivity index (χ3v) is 9.80. The van der Waals surface area contributed by atoms with Crippen LogP contribution < -0.4 is 16.2 Å². The summed E-state index contributed by atoms with van der Waals surface area (Å²) >= 11 is 0.998. The van der Waals surface area contributed by atoms with Crippen molar-refractivity contribution in [2.45, 2.75) is 30.1 Å². The van der Waals surface area contributed by atoms with E-state index in [-0.39, 0.29) is 28.1 Å². The van der Waals surface area contributed by atoms with E-state index in [0.29, 0.717) is 0 Å². The van der Waals surface area contributed by atoms with Gasteiger partial charge in [0, 0.05) is 29.6 Å². The Morgan fingerprint density at radius 3 is 2.00 bits per heavy atom. The fraction of sp³-hybridized carbons (Fsp3) is 0.261. The van der Waals surface area contributed by atoms with E-state index in [2.05, 4.69) is 15.3 Å². The summed E-state index contributed by atoms with van der Waals surface area (Å²) in [6, 6.07) is 15.3. The normalized spacial score (nSPS) is 12.4. The highest BCUT2D eigenvalue weighted by Crippen LogP contribution is 2.55. The lowest BCUT2D eigenvalue weighted by Crippen LogP contribution is -2.48. The van der Waals surface area contributed by atoms with Gasteiger partial charge in [0.05, 0.1) is 5.56 Å². The van der Waals surface area contributed by atoms with Crippen LogP contribution in [-0.4, -0.2) is 33.3 Å². The number of pyridine rings is 2. The Bertz CT molecular complexity index is 1100. The van der Waals surface area contributed by atoms with Gasteiger partial charge in [0.2, 0.25) is 5.91 Å². The van der Waals surface area contributed by atoms with Crippen LogP contribution >= 0.6 is 18.9 Å². The van der Waals surface area contributed by atoms with Gasteiger partial charge >= 0.3 is 6.18 Å². The van der Waals surface area contributed by atoms with Crippen LogP contribution in [0.15, 0.2) is 78.0 Å². The van der Waals surface area contributed by atoms with E-state index in [9.17, 15) is 22.5 Å². The molecule has 3 aromatic rings. The molecule has 0 saturated carbocycles. The molecule has 0 unspecified atom stereocenters. The van der Waals surface area contributed by atoms with Crippen LogP contribution in [0.2, 0.25) is 0 Å². The molecule has 0 spiro atoms. The zero-order chi connectivity index (χ0) is 24.1. The number of rotatable bonds is 8. The van der Waals surface area contributed by atoms with Crippen LogP contribution in [-0.2, 0) is 15.5 Å². The van der Waals surface area contributed by atoms with Crippen molar-refractivity contribution in [2.75, 3.05) is 12.3 Å². The molecule has 1 N–H and O–H groups in total. The highest BCUT2D eigenvalue weighted by Gasteiger charge is 2.50. The van der Waals surface area contributed by atoms with E-state index in [4.69, 9.17) is 0 Å². The van der Waals surface area contributed by atoms with Gasteiger partial charge in [0.1, 0.15) is 16.0 Å². The number of aromatic nitrogens is 2. The minimum atomic E-state index is -4.45. The lowest BCUT2D eigenvalue weighted by atomic mass is 10.2. The molecule has 0 atom stereocenters. The van der Waals surface area contributed by atoms with Gasteiger partial charge in [-0.05, 0) is 50.2 Å². The van der Waals surface area contributed by atoms with Crippen LogP contribution in [0, 0.1) is 0 Å². The zero-order valence-corrected chi connectivity index (χ0v) is 19.8. The number of benzene rings is 1. The van der Waals surface area contributed by atoms with Crippen LogP contribution in [0.25, 0.3) is 0 Å². The molecule has 0 saturated heterocycles. The summed E-state index contributed by atoms with van der Waals surface area (Å²) < 4.78 is 53.9. The summed E-state index contributed by atoms with van der Waals surface area (Å²) in [5.41, 5.74) is -0.189. The van der Waals surface area contributed by atoms with Crippen molar-refractivity contribution < 1.29 is 22.5 Å². The number of hydrogen-bond acceptors (Lipinski definition) is 5. The minimum Gasteiger partial charge on any atom is -0.354 e. The van der Waals surface area contributed by atoms with E-state index in [1.807, 2.05) is 0 Å². The van der Waals surface area contributed by atoms with Gasteiger partial charge in [-0.2, -0.15) is 13.2 Å². The van der Waals surface area contributed by atoms with Gasteiger partial charge in [-0.3, -0.25) is 14.8 Å². The Hall–Kier alpha value is -2.64. The summed E-state index contributed by atoms with van der Waals surface area (Å²) in [4.78, 5) is 21.8. The van der Waals surface area contributed by atoms with Crippen LogP contribution in [0.5, 0.6) is 0 Å². The summed E-state index contributed by atoms with van der Waals surface area (Å²) in [6.07, 6.45) is -1.44. The SMILES string of the molecule is CC(C)(C(=O)NCCSc1ccccc1C(F)(F)F)P(=O)(c1ccccn1)c1ccccn1. The van der Waals surface area contributed by atoms with Crippen molar-refractivity contribution in [3.63, 3.8) is 0 Å². The predicted molar refractivity (Wildman–Crippen MR) is 125 cm³/mol. The molecule has 1 aromatic carbocycles. The first kappa shape index (κ1) is 25.0. The fourth-order valence-corrected chi connectivity index (χ4v) is 7.02. The molecule has 3 rings (SSSR count). The summed E-state index contributed by atoms with van der Waals surface area (Å²) in [5, 5.41) is 1.33. The third kappa shape index (κ3) is 5.31. The van der Waals surface area contributed by atoms with E-state index >= 15 is 0 Å². The molecule has 2 aromatic heterocycles. The number of amides is 1. The maximum absolute atomic E-state index is 14.4. The van der Waals surface area contributed by atoms with E-state index in [0.717, 1.165) is 17.8 Å². The summed E-state index contributed by atoms with van der Waals surface area (Å²) in [7, 11) is -3.61. The van der Waals surface area contributed by atoms with Crippen molar-refractivity contribution >= 4 is 35.7 Å². The summed E-state index contributed by atoms with van der Waals surface area (Å²) in [5.74, 6) is -0.279. The Kier molecular flexibility index (Phi) is 7.65. The number of nitrogens with zero attached hydrogens (tertiary/aromatic N) is 2. The van der Waals surface area contributed by atoms with Crippen LogP contribution in [0.3, 0.4) is 0 Å². The molecule has 0 aliphatic carbocycles. The zero-order valence-electron chi connectivity index (χ0n) is 18.0. The second kappa shape index (κ2) is 10.1. The van der Waals surface area contributed by atoms with Crippen molar-refractivity contribution in [3.8, 4) is 0 Å². The van der Waals surface area contributed by atoms with Gasteiger partial charge in [-0.15, -0.1) is 11.8 Å². The van der Waals surface area contributed by atoms with E-state index in [1.54, 1.807) is 50.2 Å². The number of hydrogen-bond donors (Lipinski definition) is 1. The molecule has 0 aliphatic heterocycles. The summed E-state index contributed by atoms with van der Waals surface area (Å²) in [6.45, 7) is 3.24. The number of carbonyl (C=O) groups excluding carboxylic acids is 1. The molecule has 2 heterocycles. The minimum absolute atomic E-state index is 0.0890. The molecular formula is C23H23F3N3O2PS. The average Bonchev–Trinajstić information content (AvgIpc) is 2.81. The first-order valence-electron chi connectivity index (χ1n) is 10.1. The lowest BCUT2D eigenvalue weighted by molar-refractivity contribution is -0.139. The van der Waals surface area contributed by atoms with Crippen molar-refractivity contribution in [1.29, 1.82) is 0 Å². The van der Waals surface area contributed by atoms with Gasteiger partial charge in [0.25, 0.3) is 0 Å². The fourth-order valence-electron chi connectivity index (χ4n) is 3.28. The predicted octanol–water partition coefficient (Wildman–Crippen LogP) is 4.50. The van der Waals surface area contributed by atoms with Crippen molar-refractivity contribution in [2.24, 2.45) is 0 Å². The van der Waals surface area contributed by atoms with Gasteiger partial charge in [-0.25, -0.2) is 0 Å². The highest BCUT2D eigenvalue weighted by molar-refractivity contribution is 7.99. The standard InChI is InChI=1S/C23H23F3N3O2PS/c1-22(2,32(31,19-11-5-7-13-27-19)20-12-6-8-14-28-20)21(30)29-15-16-33-18-10-4-3-9-17(18)23(24,25)26/h3-14H,15-16H2,1-2H3,(H,29,30). The average molecular weight is 493 g/mol. The van der Waals surface area contributed by atoms with Crippen molar-refractivity contribution in [3.05, 3.63) is 78.6 Å². The highest BCUT2D eigenvalue weighted by atomic mass is 32.2. The molecule has 33 heavy (non-hydrogen) atoms. The number of halogens is 3. The Labute approximate surface area is 194 Å². The molecule has 174 valence electrons. The smallest absolute Gasteiger partial charge is 0.354 e. The van der Waals surface area contributed by atoms with Gasteiger partial charge in [0.15, 0.2) is 7.14 Å². The second-order valence-electron chi connectivity index (χ2n) is 7.64. The topological polar surface area (TPSA) is 72.0 Å². The van der Waals surface area contributed by atoms with Gasteiger partial charge < -0.3 is 9.88 Å². The monoisotopic (exact) mass is 493 g/mol.